The van der Waals surface area contributed by atoms with E-state index in [9.17, 15) is 4.79 Å². The first-order valence-corrected chi connectivity index (χ1v) is 6.54. The molecule has 2 rings (SSSR count). The first-order chi connectivity index (χ1) is 9.10. The van der Waals surface area contributed by atoms with Crippen LogP contribution >= 0.6 is 0 Å². The summed E-state index contributed by atoms with van der Waals surface area (Å²) in [6.45, 7) is 5.23. The van der Waals surface area contributed by atoms with Crippen LogP contribution in [-0.4, -0.2) is 61.0 Å². The van der Waals surface area contributed by atoms with Crippen molar-refractivity contribution in [3.05, 3.63) is 18.1 Å². The molecule has 1 atom stereocenters. The van der Waals surface area contributed by atoms with Crippen molar-refractivity contribution in [1.29, 1.82) is 0 Å². The third-order valence-corrected chi connectivity index (χ3v) is 3.46. The highest BCUT2D eigenvalue weighted by Gasteiger charge is 2.26. The smallest absolute Gasteiger partial charge is 0.225 e. The molecular formula is C13H21N5O. The molecule has 0 saturated carbocycles. The van der Waals surface area contributed by atoms with E-state index in [1.165, 1.54) is 0 Å². The predicted molar refractivity (Wildman–Crippen MR) is 74.0 cm³/mol. The van der Waals surface area contributed by atoms with Crippen LogP contribution in [0.2, 0.25) is 0 Å². The van der Waals surface area contributed by atoms with E-state index in [-0.39, 0.29) is 11.8 Å². The molecule has 104 valence electrons. The SMILES string of the molecule is CNC(=O)C1CN(C)CCN(c2cc(C)ncn2)C1. The summed E-state index contributed by atoms with van der Waals surface area (Å²) >= 11 is 0. The molecule has 1 amide bonds. The summed E-state index contributed by atoms with van der Waals surface area (Å²) in [6, 6.07) is 1.96. The second-order valence-electron chi connectivity index (χ2n) is 5.04. The Morgan fingerprint density at radius 2 is 2.16 bits per heavy atom. The highest BCUT2D eigenvalue weighted by molar-refractivity contribution is 5.79. The molecule has 1 saturated heterocycles. The molecule has 0 bridgehead atoms. The average molecular weight is 263 g/mol. The van der Waals surface area contributed by atoms with Crippen molar-refractivity contribution in [2.24, 2.45) is 5.92 Å². The van der Waals surface area contributed by atoms with E-state index >= 15 is 0 Å². The number of carbonyl (C=O) groups is 1. The number of nitrogens with zero attached hydrogens (tertiary/aromatic N) is 4. The molecule has 6 heteroatoms. The minimum absolute atomic E-state index is 0.0345. The molecule has 19 heavy (non-hydrogen) atoms. The molecule has 1 aromatic rings. The van der Waals surface area contributed by atoms with Gasteiger partial charge in [-0.15, -0.1) is 0 Å². The highest BCUT2D eigenvalue weighted by atomic mass is 16.1. The molecule has 0 spiro atoms. The number of anilines is 1. The molecule has 1 unspecified atom stereocenters. The zero-order chi connectivity index (χ0) is 13.8. The quantitative estimate of drug-likeness (QED) is 0.807. The van der Waals surface area contributed by atoms with Crippen LogP contribution in [-0.2, 0) is 4.79 Å². The van der Waals surface area contributed by atoms with Crippen molar-refractivity contribution in [3.8, 4) is 0 Å². The number of hydrogen-bond donors (Lipinski definition) is 1. The summed E-state index contributed by atoms with van der Waals surface area (Å²) in [6.07, 6.45) is 1.58. The van der Waals surface area contributed by atoms with E-state index in [0.29, 0.717) is 6.54 Å². The number of rotatable bonds is 2. The largest absolute Gasteiger partial charge is 0.359 e. The van der Waals surface area contributed by atoms with Crippen LogP contribution in [0, 0.1) is 12.8 Å². The van der Waals surface area contributed by atoms with Crippen molar-refractivity contribution in [2.75, 3.05) is 45.2 Å². The lowest BCUT2D eigenvalue weighted by molar-refractivity contribution is -0.124. The van der Waals surface area contributed by atoms with Crippen molar-refractivity contribution in [2.45, 2.75) is 6.92 Å². The number of carbonyl (C=O) groups excluding carboxylic acids is 1. The molecule has 0 radical (unpaired) electrons. The van der Waals surface area contributed by atoms with Gasteiger partial charge in [0.2, 0.25) is 5.91 Å². The van der Waals surface area contributed by atoms with Crippen LogP contribution in [0.1, 0.15) is 5.69 Å². The Labute approximate surface area is 113 Å². The van der Waals surface area contributed by atoms with E-state index in [4.69, 9.17) is 0 Å². The molecule has 1 aliphatic heterocycles. The molecule has 0 aromatic carbocycles. The Kier molecular flexibility index (Phi) is 4.31. The fourth-order valence-corrected chi connectivity index (χ4v) is 2.37. The number of likely N-dealkylation sites (N-methyl/N-ethyl adjacent to an activating group) is 1. The lowest BCUT2D eigenvalue weighted by Crippen LogP contribution is -2.39. The van der Waals surface area contributed by atoms with Gasteiger partial charge in [0.25, 0.3) is 0 Å². The first kappa shape index (κ1) is 13.7. The summed E-state index contributed by atoms with van der Waals surface area (Å²) in [5.41, 5.74) is 0.944. The second-order valence-corrected chi connectivity index (χ2v) is 5.04. The van der Waals surface area contributed by atoms with Crippen LogP contribution in [0.4, 0.5) is 5.82 Å². The zero-order valence-electron chi connectivity index (χ0n) is 11.8. The molecule has 1 aliphatic rings. The predicted octanol–water partition coefficient (Wildman–Crippen LogP) is -0.101. The van der Waals surface area contributed by atoms with Crippen molar-refractivity contribution < 1.29 is 4.79 Å². The van der Waals surface area contributed by atoms with Gasteiger partial charge in [0.15, 0.2) is 0 Å². The standard InChI is InChI=1S/C13H21N5O/c1-10-6-12(16-9-15-10)18-5-4-17(3)7-11(8-18)13(19)14-2/h6,9,11H,4-5,7-8H2,1-3H3,(H,14,19). The van der Waals surface area contributed by atoms with Gasteiger partial charge in [0.05, 0.1) is 5.92 Å². The molecule has 0 aliphatic carbocycles. The number of aryl methyl sites for hydroxylation is 1. The van der Waals surface area contributed by atoms with Gasteiger partial charge in [-0.2, -0.15) is 0 Å². The molecular weight excluding hydrogens is 242 g/mol. The Morgan fingerprint density at radius 1 is 1.37 bits per heavy atom. The minimum Gasteiger partial charge on any atom is -0.359 e. The fourth-order valence-electron chi connectivity index (χ4n) is 2.37. The Bertz CT molecular complexity index is 450. The summed E-state index contributed by atoms with van der Waals surface area (Å²) in [5.74, 6) is 0.953. The number of amides is 1. The van der Waals surface area contributed by atoms with Crippen LogP contribution in [0.5, 0.6) is 0 Å². The van der Waals surface area contributed by atoms with Crippen LogP contribution in [0.3, 0.4) is 0 Å². The van der Waals surface area contributed by atoms with E-state index in [0.717, 1.165) is 31.1 Å². The number of aromatic nitrogens is 2. The number of hydrogen-bond acceptors (Lipinski definition) is 5. The second kappa shape index (κ2) is 5.97. The highest BCUT2D eigenvalue weighted by Crippen LogP contribution is 2.16. The normalized spacial score (nSPS) is 21.0. The maximum Gasteiger partial charge on any atom is 0.225 e. The average Bonchev–Trinajstić information content (AvgIpc) is 2.60. The lowest BCUT2D eigenvalue weighted by atomic mass is 10.1. The Morgan fingerprint density at radius 3 is 2.84 bits per heavy atom. The fraction of sp³-hybridized carbons (Fsp3) is 0.615. The first-order valence-electron chi connectivity index (χ1n) is 6.54. The third kappa shape index (κ3) is 3.41. The molecule has 6 nitrogen and oxygen atoms in total. The third-order valence-electron chi connectivity index (χ3n) is 3.46. The van der Waals surface area contributed by atoms with Gasteiger partial charge in [-0.3, -0.25) is 4.79 Å². The number of nitrogens with one attached hydrogen (secondary N) is 1. The zero-order valence-corrected chi connectivity index (χ0v) is 11.8. The van der Waals surface area contributed by atoms with Gasteiger partial charge in [-0.05, 0) is 14.0 Å². The monoisotopic (exact) mass is 263 g/mol. The van der Waals surface area contributed by atoms with Crippen molar-refractivity contribution in [1.82, 2.24) is 20.2 Å². The van der Waals surface area contributed by atoms with Gasteiger partial charge in [-0.25, -0.2) is 9.97 Å². The van der Waals surface area contributed by atoms with Gasteiger partial charge >= 0.3 is 0 Å². The Hall–Kier alpha value is -1.69. The van der Waals surface area contributed by atoms with Crippen molar-refractivity contribution >= 4 is 11.7 Å². The Balaban J connectivity index is 2.18. The lowest BCUT2D eigenvalue weighted by Gasteiger charge is -2.24. The molecule has 1 aromatic heterocycles. The van der Waals surface area contributed by atoms with Gasteiger partial charge in [0.1, 0.15) is 12.1 Å². The van der Waals surface area contributed by atoms with Crippen LogP contribution in [0.25, 0.3) is 0 Å². The molecule has 1 N–H and O–H groups in total. The van der Waals surface area contributed by atoms with Gasteiger partial charge in [0, 0.05) is 45.0 Å². The van der Waals surface area contributed by atoms with Crippen molar-refractivity contribution in [3.63, 3.8) is 0 Å². The van der Waals surface area contributed by atoms with E-state index < -0.39 is 0 Å². The molecule has 1 fully saturated rings. The summed E-state index contributed by atoms with van der Waals surface area (Å²) in [5, 5.41) is 2.74. The summed E-state index contributed by atoms with van der Waals surface area (Å²) < 4.78 is 0. The van der Waals surface area contributed by atoms with Crippen LogP contribution < -0.4 is 10.2 Å². The molecule has 2 heterocycles. The van der Waals surface area contributed by atoms with Gasteiger partial charge in [-0.1, -0.05) is 0 Å². The van der Waals surface area contributed by atoms with Crippen LogP contribution in [0.15, 0.2) is 12.4 Å². The topological polar surface area (TPSA) is 61.4 Å². The summed E-state index contributed by atoms with van der Waals surface area (Å²) in [7, 11) is 3.73. The van der Waals surface area contributed by atoms with E-state index in [2.05, 4.69) is 25.1 Å². The maximum absolute atomic E-state index is 11.9. The summed E-state index contributed by atoms with van der Waals surface area (Å²) in [4.78, 5) is 24.7. The van der Waals surface area contributed by atoms with E-state index in [1.54, 1.807) is 13.4 Å². The van der Waals surface area contributed by atoms with Gasteiger partial charge < -0.3 is 15.1 Å². The van der Waals surface area contributed by atoms with E-state index in [1.807, 2.05) is 20.0 Å². The maximum atomic E-state index is 11.9. The minimum atomic E-state index is -0.0345.